The van der Waals surface area contributed by atoms with E-state index in [9.17, 15) is 9.59 Å². The second kappa shape index (κ2) is 17.9. The number of aldehydes is 1. The molecule has 0 radical (unpaired) electrons. The van der Waals surface area contributed by atoms with Crippen LogP contribution in [0.5, 0.6) is 11.5 Å². The summed E-state index contributed by atoms with van der Waals surface area (Å²) in [5.74, 6) is 7.21. The normalized spacial score (nSPS) is 21.4. The zero-order chi connectivity index (χ0) is 37.5. The number of benzene rings is 1. The molecule has 7 nitrogen and oxygen atoms in total. The van der Waals surface area contributed by atoms with E-state index in [0.717, 1.165) is 11.8 Å². The molecule has 0 amide bonds. The lowest BCUT2D eigenvalue weighted by molar-refractivity contribution is -0.110. The van der Waals surface area contributed by atoms with Gasteiger partial charge in [-0.05, 0) is 64.6 Å². The maximum atomic E-state index is 14.5. The summed E-state index contributed by atoms with van der Waals surface area (Å²) in [5.41, 5.74) is 2.38. The molecule has 0 N–H and O–H groups in total. The van der Waals surface area contributed by atoms with Crippen molar-refractivity contribution in [3.8, 4) is 23.3 Å². The number of fused-ring (bicyclic) bond motifs is 1. The number of ether oxygens (including phenoxy) is 3. The van der Waals surface area contributed by atoms with Crippen molar-refractivity contribution in [2.75, 3.05) is 14.2 Å². The van der Waals surface area contributed by atoms with Crippen molar-refractivity contribution < 1.29 is 32.7 Å². The maximum Gasteiger partial charge on any atom is 0.342 e. The Morgan fingerprint density at radius 2 is 1.51 bits per heavy atom. The third kappa shape index (κ3) is 10.2. The Morgan fingerprint density at radius 3 is 2.00 bits per heavy atom. The summed E-state index contributed by atoms with van der Waals surface area (Å²) in [5, 5.41) is -0.0316. The van der Waals surface area contributed by atoms with Crippen LogP contribution in [0.4, 0.5) is 0 Å². The highest BCUT2D eigenvalue weighted by atomic mass is 28.4. The summed E-state index contributed by atoms with van der Waals surface area (Å²) < 4.78 is 32.4. The largest absolute Gasteiger partial charge is 0.497 e. The molecule has 2 rings (SSSR count). The smallest absolute Gasteiger partial charge is 0.342 e. The van der Waals surface area contributed by atoms with E-state index in [1.54, 1.807) is 20.3 Å². The van der Waals surface area contributed by atoms with Gasteiger partial charge >= 0.3 is 5.97 Å². The van der Waals surface area contributed by atoms with Gasteiger partial charge in [-0.1, -0.05) is 89.0 Å². The molecule has 1 aliphatic rings. The Kier molecular flexibility index (Phi) is 15.7. The van der Waals surface area contributed by atoms with Gasteiger partial charge in [-0.15, -0.1) is 5.92 Å². The van der Waals surface area contributed by atoms with Crippen molar-refractivity contribution in [1.82, 2.24) is 0 Å². The third-order valence-electron chi connectivity index (χ3n) is 11.4. The van der Waals surface area contributed by atoms with Crippen LogP contribution in [0.1, 0.15) is 118 Å². The molecule has 9 heteroatoms. The van der Waals surface area contributed by atoms with Crippen molar-refractivity contribution in [2.24, 2.45) is 17.8 Å². The van der Waals surface area contributed by atoms with E-state index in [1.807, 2.05) is 13.0 Å². The molecule has 0 aliphatic carbocycles. The lowest BCUT2D eigenvalue weighted by Crippen LogP contribution is -2.51. The third-order valence-corrected chi connectivity index (χ3v) is 22.0. The minimum atomic E-state index is -2.28. The highest BCUT2D eigenvalue weighted by molar-refractivity contribution is 6.77. The van der Waals surface area contributed by atoms with Gasteiger partial charge in [0.25, 0.3) is 0 Å². The SMILES string of the molecule is COc1cc2c(c(OC)c1)C(=O)O[C@H]([C@@H](C)[C@H](O[Si](C)(C)C(C)(C)C)[C@H](C)CC=O)CC#CC[C@H](C)[C@H](O[Si](C(C)C)(C(C)C)C(C)C)C2. The van der Waals surface area contributed by atoms with Crippen LogP contribution in [-0.4, -0.2) is 61.4 Å². The van der Waals surface area contributed by atoms with Gasteiger partial charge in [-0.3, -0.25) is 0 Å². The molecule has 0 bridgehead atoms. The predicted molar refractivity (Wildman–Crippen MR) is 206 cm³/mol. The summed E-state index contributed by atoms with van der Waals surface area (Å²) in [6.45, 7) is 31.2. The molecular formula is C40H68O7Si2. The number of carbonyl (C=O) groups excluding carboxylic acids is 2. The lowest BCUT2D eigenvalue weighted by atomic mass is 9.86. The van der Waals surface area contributed by atoms with Crippen LogP contribution in [-0.2, 0) is 24.8 Å². The van der Waals surface area contributed by atoms with Crippen LogP contribution in [0.25, 0.3) is 0 Å². The van der Waals surface area contributed by atoms with Gasteiger partial charge in [0.1, 0.15) is 29.5 Å². The van der Waals surface area contributed by atoms with Crippen LogP contribution < -0.4 is 9.47 Å². The molecule has 1 heterocycles. The van der Waals surface area contributed by atoms with Crippen molar-refractivity contribution >= 4 is 28.9 Å². The number of methoxy groups -OCH3 is 2. The van der Waals surface area contributed by atoms with Gasteiger partial charge in [0.05, 0.1) is 26.4 Å². The Balaban J connectivity index is 2.76. The first kappa shape index (κ1) is 43.0. The highest BCUT2D eigenvalue weighted by Crippen LogP contribution is 2.45. The first-order valence-electron chi connectivity index (χ1n) is 18.4. The first-order chi connectivity index (χ1) is 22.7. The second-order valence-corrected chi connectivity index (χ2v) is 27.0. The maximum absolute atomic E-state index is 14.5. The summed E-state index contributed by atoms with van der Waals surface area (Å²) in [6.07, 6.45) is 1.79. The van der Waals surface area contributed by atoms with Crippen molar-refractivity contribution in [3.05, 3.63) is 23.3 Å². The average Bonchev–Trinajstić information content (AvgIpc) is 3.00. The zero-order valence-corrected chi connectivity index (χ0v) is 35.6. The quantitative estimate of drug-likeness (QED) is 0.0821. The predicted octanol–water partition coefficient (Wildman–Crippen LogP) is 10.0. The van der Waals surface area contributed by atoms with Crippen LogP contribution in [0.2, 0.25) is 34.8 Å². The fourth-order valence-electron chi connectivity index (χ4n) is 7.39. The number of carbonyl (C=O) groups is 2. The molecule has 0 saturated carbocycles. The molecule has 1 aliphatic heterocycles. The van der Waals surface area contributed by atoms with Gasteiger partial charge in [-0.2, -0.15) is 0 Å². The van der Waals surface area contributed by atoms with Crippen LogP contribution in [0.15, 0.2) is 12.1 Å². The second-order valence-electron chi connectivity index (χ2n) is 16.8. The molecule has 0 saturated heterocycles. The van der Waals surface area contributed by atoms with Crippen LogP contribution in [0, 0.1) is 29.6 Å². The molecule has 0 spiro atoms. The number of hydrogen-bond donors (Lipinski definition) is 0. The number of cyclic esters (lactones) is 1. The fraction of sp³-hybridized carbons (Fsp3) is 0.750. The van der Waals surface area contributed by atoms with Gasteiger partial charge < -0.3 is 27.9 Å². The topological polar surface area (TPSA) is 80.3 Å². The van der Waals surface area contributed by atoms with E-state index >= 15 is 0 Å². The van der Waals surface area contributed by atoms with Crippen LogP contribution in [0.3, 0.4) is 0 Å². The molecule has 278 valence electrons. The Labute approximate surface area is 301 Å². The Morgan fingerprint density at radius 1 is 0.939 bits per heavy atom. The summed E-state index contributed by atoms with van der Waals surface area (Å²) in [7, 11) is -1.33. The van der Waals surface area contributed by atoms with E-state index in [2.05, 4.69) is 101 Å². The summed E-state index contributed by atoms with van der Waals surface area (Å²) in [6, 6.07) is 3.67. The number of hydrogen-bond acceptors (Lipinski definition) is 7. The van der Waals surface area contributed by atoms with E-state index in [4.69, 9.17) is 23.1 Å². The zero-order valence-electron chi connectivity index (χ0n) is 33.6. The number of rotatable bonds is 14. The van der Waals surface area contributed by atoms with E-state index in [0.29, 0.717) is 59.4 Å². The van der Waals surface area contributed by atoms with Gasteiger partial charge in [0.2, 0.25) is 8.32 Å². The standard InChI is InChI=1S/C40H68O7Si2/c1-26(2)49(27(3)4,28(5)6)46-35-24-32-23-33(43-13)25-36(44-14)37(32)39(42)45-34(20-18-17-19-29(35)7)31(9)38(30(8)21-22-41)47-48(15,16)40(10,11)12/h22-23,25-31,34-35,38H,19-21,24H2,1-16H3/t29-,30+,31+,34-,35+,38+/m0/s1. The summed E-state index contributed by atoms with van der Waals surface area (Å²) >= 11 is 0. The molecule has 1 aromatic rings. The molecule has 6 atom stereocenters. The molecule has 0 aromatic heterocycles. The van der Waals surface area contributed by atoms with Crippen molar-refractivity contribution in [3.63, 3.8) is 0 Å². The monoisotopic (exact) mass is 716 g/mol. The van der Waals surface area contributed by atoms with E-state index in [1.165, 1.54) is 0 Å². The molecule has 0 fully saturated rings. The van der Waals surface area contributed by atoms with Gasteiger partial charge in [0, 0.05) is 31.2 Å². The number of esters is 1. The average molecular weight is 717 g/mol. The van der Waals surface area contributed by atoms with Crippen LogP contribution >= 0.6 is 0 Å². The van der Waals surface area contributed by atoms with E-state index < -0.39 is 28.7 Å². The Hall–Kier alpha value is -2.13. The Bertz CT molecular complexity index is 1280. The summed E-state index contributed by atoms with van der Waals surface area (Å²) in [4.78, 5) is 26.2. The van der Waals surface area contributed by atoms with Crippen molar-refractivity contribution in [2.45, 2.75) is 162 Å². The van der Waals surface area contributed by atoms with Gasteiger partial charge in [-0.25, -0.2) is 4.79 Å². The molecule has 1 aromatic carbocycles. The van der Waals surface area contributed by atoms with Gasteiger partial charge in [0.15, 0.2) is 8.32 Å². The minimum Gasteiger partial charge on any atom is -0.497 e. The first-order valence-corrected chi connectivity index (χ1v) is 23.4. The molecule has 49 heavy (non-hydrogen) atoms. The fourth-order valence-corrected chi connectivity index (χ4v) is 14.5. The minimum absolute atomic E-state index is 0.0316. The molecule has 0 unspecified atom stereocenters. The van der Waals surface area contributed by atoms with E-state index in [-0.39, 0.29) is 35.0 Å². The highest BCUT2D eigenvalue weighted by Gasteiger charge is 2.48. The van der Waals surface area contributed by atoms with Crippen molar-refractivity contribution in [1.29, 1.82) is 0 Å². The molecular weight excluding hydrogens is 649 g/mol. The lowest BCUT2D eigenvalue weighted by Gasteiger charge is -2.46.